The Kier molecular flexibility index (Phi) is 6.16. The van der Waals surface area contributed by atoms with E-state index in [-0.39, 0.29) is 16.5 Å². The Morgan fingerprint density at radius 3 is 2.39 bits per heavy atom. The van der Waals surface area contributed by atoms with Crippen LogP contribution in [0.5, 0.6) is 0 Å². The number of esters is 1. The number of halogens is 2. The van der Waals surface area contributed by atoms with Crippen LogP contribution in [-0.2, 0) is 20.7 Å². The molecule has 128 valence electrons. The topological polar surface area (TPSA) is 64.6 Å². The van der Waals surface area contributed by atoms with Gasteiger partial charge in [-0.05, 0) is 55.3 Å². The van der Waals surface area contributed by atoms with Gasteiger partial charge in [0.25, 0.3) is 0 Å². The predicted octanol–water partition coefficient (Wildman–Crippen LogP) is 3.59. The largest absolute Gasteiger partial charge is 0.467 e. The fourth-order valence-electron chi connectivity index (χ4n) is 1.99. The van der Waals surface area contributed by atoms with Crippen LogP contribution in [0, 0.1) is 5.82 Å². The first-order valence-electron chi connectivity index (χ1n) is 7.01. The van der Waals surface area contributed by atoms with Gasteiger partial charge in [-0.3, -0.25) is 0 Å². The van der Waals surface area contributed by atoms with Crippen LogP contribution in [0.15, 0.2) is 22.7 Å². The zero-order chi connectivity index (χ0) is 17.8. The Morgan fingerprint density at radius 1 is 1.26 bits per heavy atom. The number of methoxy groups -OCH3 is 1. The number of amides is 1. The van der Waals surface area contributed by atoms with Gasteiger partial charge in [0, 0.05) is 6.42 Å². The number of carbonyl (C=O) groups excluding carboxylic acids is 2. The Bertz CT molecular complexity index is 600. The highest BCUT2D eigenvalue weighted by atomic mass is 79.9. The van der Waals surface area contributed by atoms with Crippen molar-refractivity contribution in [2.24, 2.45) is 0 Å². The second-order valence-corrected chi connectivity index (χ2v) is 7.19. The van der Waals surface area contributed by atoms with Crippen molar-refractivity contribution in [2.75, 3.05) is 7.11 Å². The van der Waals surface area contributed by atoms with E-state index in [9.17, 15) is 14.0 Å². The number of hydrogen-bond acceptors (Lipinski definition) is 4. The number of hydrogen-bond donors (Lipinski definition) is 1. The van der Waals surface area contributed by atoms with Crippen molar-refractivity contribution < 1.29 is 23.5 Å². The maximum Gasteiger partial charge on any atom is 0.408 e. The fourth-order valence-corrected chi connectivity index (χ4v) is 2.39. The van der Waals surface area contributed by atoms with Crippen molar-refractivity contribution in [3.8, 4) is 0 Å². The van der Waals surface area contributed by atoms with Crippen LogP contribution < -0.4 is 5.32 Å². The van der Waals surface area contributed by atoms with Crippen LogP contribution in [0.1, 0.15) is 33.3 Å². The normalized spacial score (nSPS) is 13.9. The minimum absolute atomic E-state index is 0.0792. The first-order chi connectivity index (χ1) is 10.5. The summed E-state index contributed by atoms with van der Waals surface area (Å²) in [6.07, 6.45) is -0.856. The molecule has 0 aliphatic heterocycles. The molecule has 7 heteroatoms. The standard InChI is InChI=1S/C16H21BrFNO4/c1-15(2,3)23-14(21)19-16(4,13(20)22-5)9-10-7-6-8-11(17)12(10)18/h6-8H,9H2,1-5H3,(H,19,21). The second-order valence-electron chi connectivity index (χ2n) is 6.34. The van der Waals surface area contributed by atoms with Crippen molar-refractivity contribution in [3.05, 3.63) is 34.1 Å². The first kappa shape index (κ1) is 19.4. The molecule has 1 amide bonds. The molecule has 0 aliphatic rings. The van der Waals surface area contributed by atoms with E-state index in [1.54, 1.807) is 32.9 Å². The molecule has 1 rings (SSSR count). The fraction of sp³-hybridized carbons (Fsp3) is 0.500. The van der Waals surface area contributed by atoms with Crippen molar-refractivity contribution in [3.63, 3.8) is 0 Å². The van der Waals surface area contributed by atoms with Crippen LogP contribution in [0.4, 0.5) is 9.18 Å². The molecule has 0 saturated carbocycles. The highest BCUT2D eigenvalue weighted by Crippen LogP contribution is 2.23. The summed E-state index contributed by atoms with van der Waals surface area (Å²) in [5, 5.41) is 2.48. The van der Waals surface area contributed by atoms with Crippen LogP contribution in [0.25, 0.3) is 0 Å². The number of rotatable bonds is 4. The molecular formula is C16H21BrFNO4. The third-order valence-corrected chi connectivity index (χ3v) is 3.60. The summed E-state index contributed by atoms with van der Waals surface area (Å²) in [5.41, 5.74) is -1.91. The molecule has 0 radical (unpaired) electrons. The average Bonchev–Trinajstić information content (AvgIpc) is 2.40. The Hall–Kier alpha value is -1.63. The minimum atomic E-state index is -1.46. The van der Waals surface area contributed by atoms with Gasteiger partial charge in [-0.2, -0.15) is 0 Å². The van der Waals surface area contributed by atoms with E-state index in [1.807, 2.05) is 0 Å². The number of nitrogens with one attached hydrogen (secondary N) is 1. The molecule has 1 N–H and O–H groups in total. The Labute approximate surface area is 143 Å². The molecule has 0 saturated heterocycles. The molecule has 0 fully saturated rings. The summed E-state index contributed by atoms with van der Waals surface area (Å²) >= 11 is 3.10. The lowest BCUT2D eigenvalue weighted by molar-refractivity contribution is -0.147. The maximum atomic E-state index is 14.2. The van der Waals surface area contributed by atoms with Crippen molar-refractivity contribution in [2.45, 2.75) is 45.3 Å². The van der Waals surface area contributed by atoms with Crippen molar-refractivity contribution >= 4 is 28.0 Å². The quantitative estimate of drug-likeness (QED) is 0.799. The molecule has 0 aliphatic carbocycles. The van der Waals surface area contributed by atoms with Crippen molar-refractivity contribution in [1.82, 2.24) is 5.32 Å². The minimum Gasteiger partial charge on any atom is -0.467 e. The predicted molar refractivity (Wildman–Crippen MR) is 87.6 cm³/mol. The summed E-state index contributed by atoms with van der Waals surface area (Å²) < 4.78 is 24.3. The number of benzene rings is 1. The Balaban J connectivity index is 3.06. The summed E-state index contributed by atoms with van der Waals surface area (Å²) in [7, 11) is 1.20. The molecular weight excluding hydrogens is 369 g/mol. The van der Waals surface area contributed by atoms with Gasteiger partial charge in [0.15, 0.2) is 0 Å². The third kappa shape index (κ3) is 5.49. The van der Waals surface area contributed by atoms with Crippen LogP contribution in [0.3, 0.4) is 0 Å². The van der Waals surface area contributed by atoms with Crippen LogP contribution in [0.2, 0.25) is 0 Å². The van der Waals surface area contributed by atoms with Crippen molar-refractivity contribution in [1.29, 1.82) is 0 Å². The van der Waals surface area contributed by atoms with E-state index >= 15 is 0 Å². The molecule has 5 nitrogen and oxygen atoms in total. The lowest BCUT2D eigenvalue weighted by Gasteiger charge is -2.30. The number of ether oxygens (including phenoxy) is 2. The van der Waals surface area contributed by atoms with E-state index in [4.69, 9.17) is 9.47 Å². The highest BCUT2D eigenvalue weighted by Gasteiger charge is 2.38. The van der Waals surface area contributed by atoms with Gasteiger partial charge in [-0.15, -0.1) is 0 Å². The first-order valence-corrected chi connectivity index (χ1v) is 7.80. The van der Waals surface area contributed by atoms with Gasteiger partial charge >= 0.3 is 12.1 Å². The van der Waals surface area contributed by atoms with E-state index in [0.29, 0.717) is 0 Å². The van der Waals surface area contributed by atoms with E-state index in [0.717, 1.165) is 0 Å². The van der Waals surface area contributed by atoms with Crippen LogP contribution >= 0.6 is 15.9 Å². The zero-order valence-electron chi connectivity index (χ0n) is 13.8. The smallest absolute Gasteiger partial charge is 0.408 e. The van der Waals surface area contributed by atoms with E-state index in [1.165, 1.54) is 20.1 Å². The molecule has 0 spiro atoms. The van der Waals surface area contributed by atoms with Gasteiger partial charge in [-0.1, -0.05) is 12.1 Å². The molecule has 23 heavy (non-hydrogen) atoms. The molecule has 1 atom stereocenters. The van der Waals surface area contributed by atoms with Gasteiger partial charge < -0.3 is 14.8 Å². The lowest BCUT2D eigenvalue weighted by atomic mass is 9.92. The van der Waals surface area contributed by atoms with Gasteiger partial charge in [0.2, 0.25) is 0 Å². The monoisotopic (exact) mass is 389 g/mol. The van der Waals surface area contributed by atoms with Crippen LogP contribution in [-0.4, -0.2) is 30.3 Å². The summed E-state index contributed by atoms with van der Waals surface area (Å²) in [6, 6.07) is 4.74. The lowest BCUT2D eigenvalue weighted by Crippen LogP contribution is -2.55. The number of carbonyl (C=O) groups is 2. The third-order valence-electron chi connectivity index (χ3n) is 2.99. The molecule has 1 unspecified atom stereocenters. The summed E-state index contributed by atoms with van der Waals surface area (Å²) in [4.78, 5) is 24.1. The SMILES string of the molecule is COC(=O)C(C)(Cc1cccc(Br)c1F)NC(=O)OC(C)(C)C. The summed E-state index contributed by atoms with van der Waals surface area (Å²) in [6.45, 7) is 6.57. The zero-order valence-corrected chi connectivity index (χ0v) is 15.4. The van der Waals surface area contributed by atoms with Gasteiger partial charge in [-0.25, -0.2) is 14.0 Å². The number of alkyl carbamates (subject to hydrolysis) is 1. The summed E-state index contributed by atoms with van der Waals surface area (Å²) in [5.74, 6) is -1.18. The molecule has 1 aromatic rings. The molecule has 0 heterocycles. The molecule has 0 aromatic heterocycles. The average molecular weight is 390 g/mol. The van der Waals surface area contributed by atoms with E-state index < -0.39 is 29.0 Å². The molecule has 0 bridgehead atoms. The van der Waals surface area contributed by atoms with E-state index in [2.05, 4.69) is 21.2 Å². The maximum absolute atomic E-state index is 14.2. The second kappa shape index (κ2) is 7.29. The molecule has 1 aromatic carbocycles. The highest BCUT2D eigenvalue weighted by molar-refractivity contribution is 9.10. The van der Waals surface area contributed by atoms with Gasteiger partial charge in [0.05, 0.1) is 11.6 Å². The van der Waals surface area contributed by atoms with Gasteiger partial charge in [0.1, 0.15) is 17.0 Å². The Morgan fingerprint density at radius 2 is 1.87 bits per heavy atom.